The van der Waals surface area contributed by atoms with Gasteiger partial charge in [0.1, 0.15) is 21.2 Å². The Morgan fingerprint density at radius 3 is 2.67 bits per heavy atom. The number of hydrogen-bond acceptors (Lipinski definition) is 8. The number of carbonyl (C=O) groups excluding carboxylic acids is 1. The third kappa shape index (κ3) is 2.81. The minimum atomic E-state index is 0.0806. The molecule has 0 amide bonds. The number of ketones is 1. The van der Waals surface area contributed by atoms with Crippen molar-refractivity contribution in [1.82, 2.24) is 15.0 Å². The summed E-state index contributed by atoms with van der Waals surface area (Å²) in [5.41, 5.74) is 0.834. The fraction of sp³-hybridized carbons (Fsp3) is 0.375. The van der Waals surface area contributed by atoms with E-state index in [1.807, 2.05) is 19.1 Å². The topological polar surface area (TPSA) is 68.2 Å². The number of fused-ring (bicyclic) bond motifs is 1. The smallest absolute Gasteiger partial charge is 0.169 e. The van der Waals surface area contributed by atoms with Crippen LogP contribution in [0, 0.1) is 6.92 Å². The van der Waals surface area contributed by atoms with Crippen LogP contribution in [0.5, 0.6) is 0 Å². The van der Waals surface area contributed by atoms with Crippen molar-refractivity contribution in [3.8, 4) is 9.88 Å². The van der Waals surface area contributed by atoms with Gasteiger partial charge in [-0.15, -0.1) is 11.3 Å². The first-order valence-electron chi connectivity index (χ1n) is 7.71. The van der Waals surface area contributed by atoms with E-state index in [2.05, 4.69) is 14.9 Å². The van der Waals surface area contributed by atoms with E-state index in [-0.39, 0.29) is 5.78 Å². The molecule has 0 radical (unpaired) electrons. The lowest BCUT2D eigenvalue weighted by Gasteiger charge is -2.27. The van der Waals surface area contributed by atoms with Gasteiger partial charge in [0.15, 0.2) is 11.6 Å². The molecule has 0 aromatic carbocycles. The molecule has 0 spiro atoms. The van der Waals surface area contributed by atoms with Crippen molar-refractivity contribution in [3.05, 3.63) is 22.8 Å². The number of aryl methyl sites for hydroxylation is 1. The maximum absolute atomic E-state index is 11.5. The van der Waals surface area contributed by atoms with E-state index in [1.54, 1.807) is 18.3 Å². The molecule has 0 saturated carbocycles. The minimum absolute atomic E-state index is 0.0806. The molecule has 1 fully saturated rings. The van der Waals surface area contributed by atoms with Crippen molar-refractivity contribution in [2.45, 2.75) is 13.8 Å². The zero-order valence-electron chi connectivity index (χ0n) is 13.4. The highest BCUT2D eigenvalue weighted by molar-refractivity contribution is 7.25. The van der Waals surface area contributed by atoms with Crippen molar-refractivity contribution in [3.63, 3.8) is 0 Å². The van der Waals surface area contributed by atoms with E-state index in [4.69, 9.17) is 9.72 Å². The van der Waals surface area contributed by atoms with Crippen LogP contribution in [0.1, 0.15) is 22.4 Å². The Bertz CT molecular complexity index is 912. The van der Waals surface area contributed by atoms with Crippen LogP contribution in [0.3, 0.4) is 0 Å². The van der Waals surface area contributed by atoms with Crippen LogP contribution in [0.2, 0.25) is 0 Å². The number of morpholine rings is 1. The number of carbonyl (C=O) groups is 1. The van der Waals surface area contributed by atoms with Gasteiger partial charge in [-0.05, 0) is 26.0 Å². The van der Waals surface area contributed by atoms with Gasteiger partial charge < -0.3 is 9.64 Å². The molecule has 0 bridgehead atoms. The van der Waals surface area contributed by atoms with Gasteiger partial charge in [0.2, 0.25) is 0 Å². The van der Waals surface area contributed by atoms with Crippen molar-refractivity contribution < 1.29 is 9.53 Å². The normalized spacial score (nSPS) is 15.2. The molecule has 0 aliphatic carbocycles. The summed E-state index contributed by atoms with van der Waals surface area (Å²) >= 11 is 3.02. The summed E-state index contributed by atoms with van der Waals surface area (Å²) in [7, 11) is 0. The second-order valence-electron chi connectivity index (χ2n) is 5.59. The predicted molar refractivity (Wildman–Crippen MR) is 96.3 cm³/mol. The molecule has 3 aromatic heterocycles. The Kier molecular flexibility index (Phi) is 4.03. The summed E-state index contributed by atoms with van der Waals surface area (Å²) in [5.74, 6) is 1.71. The number of rotatable bonds is 3. The Morgan fingerprint density at radius 2 is 1.96 bits per heavy atom. The average molecular weight is 360 g/mol. The van der Waals surface area contributed by atoms with Crippen molar-refractivity contribution in [2.75, 3.05) is 31.2 Å². The maximum atomic E-state index is 11.5. The first kappa shape index (κ1) is 15.6. The Labute approximate surface area is 147 Å². The molecule has 3 aromatic rings. The molecule has 124 valence electrons. The van der Waals surface area contributed by atoms with Crippen LogP contribution in [0.25, 0.3) is 20.2 Å². The van der Waals surface area contributed by atoms with Gasteiger partial charge in [-0.1, -0.05) is 11.3 Å². The van der Waals surface area contributed by atoms with Gasteiger partial charge in [0.05, 0.1) is 23.0 Å². The van der Waals surface area contributed by atoms with Gasteiger partial charge >= 0.3 is 0 Å². The molecule has 1 aliphatic rings. The van der Waals surface area contributed by atoms with Crippen LogP contribution < -0.4 is 4.90 Å². The molecule has 6 nitrogen and oxygen atoms in total. The van der Waals surface area contributed by atoms with Gasteiger partial charge in [-0.25, -0.2) is 15.0 Å². The lowest BCUT2D eigenvalue weighted by atomic mass is 10.3. The van der Waals surface area contributed by atoms with Crippen LogP contribution >= 0.6 is 22.7 Å². The molecule has 0 unspecified atom stereocenters. The Morgan fingerprint density at radius 1 is 1.17 bits per heavy atom. The van der Waals surface area contributed by atoms with Crippen molar-refractivity contribution in [1.29, 1.82) is 0 Å². The molecule has 1 aliphatic heterocycles. The number of aromatic nitrogens is 3. The number of thiophene rings is 1. The van der Waals surface area contributed by atoms with Crippen LogP contribution in [0.4, 0.5) is 5.82 Å². The zero-order chi connectivity index (χ0) is 16.7. The fourth-order valence-corrected chi connectivity index (χ4v) is 4.59. The monoisotopic (exact) mass is 360 g/mol. The molecule has 4 heterocycles. The second kappa shape index (κ2) is 6.19. The summed E-state index contributed by atoms with van der Waals surface area (Å²) < 4.78 is 5.43. The van der Waals surface area contributed by atoms with E-state index in [0.29, 0.717) is 13.2 Å². The highest BCUT2D eigenvalue weighted by Crippen LogP contribution is 2.36. The maximum Gasteiger partial charge on any atom is 0.169 e. The van der Waals surface area contributed by atoms with Gasteiger partial charge in [0.25, 0.3) is 0 Å². The predicted octanol–water partition coefficient (Wildman–Crippen LogP) is 3.16. The fourth-order valence-electron chi connectivity index (χ4n) is 2.65. The summed E-state index contributed by atoms with van der Waals surface area (Å²) in [6.45, 7) is 6.52. The van der Waals surface area contributed by atoms with Gasteiger partial charge in [0, 0.05) is 13.1 Å². The Balaban J connectivity index is 1.80. The number of thiazole rings is 1. The standard InChI is InChI=1S/C16H16N4O2S2/c1-9(21)11-3-4-12(23-11)15-19-13-14(20-5-7-22-8-6-20)17-10(2)18-16(13)24-15/h3-4H,5-8H2,1-2H3. The molecular weight excluding hydrogens is 344 g/mol. The van der Waals surface area contributed by atoms with E-state index >= 15 is 0 Å². The van der Waals surface area contributed by atoms with Crippen molar-refractivity contribution >= 4 is 44.6 Å². The molecular formula is C16H16N4O2S2. The van der Waals surface area contributed by atoms with E-state index in [1.165, 1.54) is 11.3 Å². The first-order chi connectivity index (χ1) is 11.6. The largest absolute Gasteiger partial charge is 0.378 e. The second-order valence-corrected chi connectivity index (χ2v) is 7.65. The van der Waals surface area contributed by atoms with E-state index in [0.717, 1.165) is 49.8 Å². The molecule has 1 saturated heterocycles. The number of nitrogens with zero attached hydrogens (tertiary/aromatic N) is 4. The zero-order valence-corrected chi connectivity index (χ0v) is 15.0. The summed E-state index contributed by atoms with van der Waals surface area (Å²) in [5, 5.41) is 0.886. The molecule has 8 heteroatoms. The Hall–Kier alpha value is -1.90. The lowest BCUT2D eigenvalue weighted by molar-refractivity contribution is 0.102. The summed E-state index contributed by atoms with van der Waals surface area (Å²) in [6.07, 6.45) is 0. The van der Waals surface area contributed by atoms with Crippen molar-refractivity contribution in [2.24, 2.45) is 0 Å². The lowest BCUT2D eigenvalue weighted by Crippen LogP contribution is -2.37. The van der Waals surface area contributed by atoms with E-state index in [9.17, 15) is 4.79 Å². The molecule has 24 heavy (non-hydrogen) atoms. The SMILES string of the molecule is CC(=O)c1ccc(-c2nc3c(N4CCOCC4)nc(C)nc3s2)s1. The van der Waals surface area contributed by atoms with Crippen LogP contribution in [0.15, 0.2) is 12.1 Å². The number of hydrogen-bond donors (Lipinski definition) is 0. The summed E-state index contributed by atoms with van der Waals surface area (Å²) in [6, 6.07) is 3.81. The third-order valence-corrected chi connectivity index (χ3v) is 6.13. The highest BCUT2D eigenvalue weighted by atomic mass is 32.1. The number of anilines is 1. The van der Waals surface area contributed by atoms with Gasteiger partial charge in [-0.2, -0.15) is 0 Å². The number of Topliss-reactive ketones (excluding diaryl/α,β-unsaturated/α-hetero) is 1. The number of ether oxygens (including phenoxy) is 1. The first-order valence-corrected chi connectivity index (χ1v) is 9.34. The van der Waals surface area contributed by atoms with E-state index < -0.39 is 0 Å². The molecule has 4 rings (SSSR count). The minimum Gasteiger partial charge on any atom is -0.378 e. The quantitative estimate of drug-likeness (QED) is 0.668. The summed E-state index contributed by atoms with van der Waals surface area (Å²) in [4.78, 5) is 30.3. The van der Waals surface area contributed by atoms with Crippen LogP contribution in [-0.4, -0.2) is 47.0 Å². The molecule has 0 atom stereocenters. The average Bonchev–Trinajstić information content (AvgIpc) is 3.21. The van der Waals surface area contributed by atoms with Crippen LogP contribution in [-0.2, 0) is 4.74 Å². The third-order valence-electron chi connectivity index (χ3n) is 3.83. The highest BCUT2D eigenvalue weighted by Gasteiger charge is 2.20. The molecule has 0 N–H and O–H groups in total. The van der Waals surface area contributed by atoms with Gasteiger partial charge in [-0.3, -0.25) is 4.79 Å².